The molecule has 0 aromatic heterocycles. The van der Waals surface area contributed by atoms with Crippen LogP contribution in [0.15, 0.2) is 0 Å². The van der Waals surface area contributed by atoms with E-state index < -0.39 is 5.60 Å². The van der Waals surface area contributed by atoms with E-state index in [1.165, 1.54) is 0 Å². The van der Waals surface area contributed by atoms with Gasteiger partial charge in [0, 0.05) is 13.1 Å². The zero-order valence-corrected chi connectivity index (χ0v) is 7.45. The van der Waals surface area contributed by atoms with Gasteiger partial charge in [0.05, 0.1) is 5.60 Å². The minimum absolute atomic E-state index is 0.397. The fourth-order valence-electron chi connectivity index (χ4n) is 1.15. The summed E-state index contributed by atoms with van der Waals surface area (Å²) in [5.41, 5.74) is -0.397. The SMILES string of the molecule is CSN1CCC(C)(O)CC1. The van der Waals surface area contributed by atoms with E-state index in [0.29, 0.717) is 0 Å². The van der Waals surface area contributed by atoms with Crippen molar-refractivity contribution in [1.82, 2.24) is 4.31 Å². The van der Waals surface area contributed by atoms with Gasteiger partial charge in [-0.3, -0.25) is 4.31 Å². The Morgan fingerprint density at radius 1 is 1.40 bits per heavy atom. The zero-order valence-electron chi connectivity index (χ0n) is 6.63. The van der Waals surface area contributed by atoms with Crippen LogP contribution in [0, 0.1) is 0 Å². The van der Waals surface area contributed by atoms with Crippen molar-refractivity contribution in [3.05, 3.63) is 0 Å². The quantitative estimate of drug-likeness (QED) is 0.583. The molecule has 10 heavy (non-hydrogen) atoms. The Balaban J connectivity index is 2.31. The highest BCUT2D eigenvalue weighted by molar-refractivity contribution is 7.96. The second-order valence-electron chi connectivity index (χ2n) is 3.11. The molecule has 1 saturated heterocycles. The summed E-state index contributed by atoms with van der Waals surface area (Å²) in [6.07, 6.45) is 3.90. The number of hydrogen-bond donors (Lipinski definition) is 1. The molecule has 0 bridgehead atoms. The molecule has 1 fully saturated rings. The lowest BCUT2D eigenvalue weighted by Gasteiger charge is -2.34. The largest absolute Gasteiger partial charge is 0.390 e. The van der Waals surface area contributed by atoms with Crippen molar-refractivity contribution < 1.29 is 5.11 Å². The second-order valence-corrected chi connectivity index (χ2v) is 3.99. The van der Waals surface area contributed by atoms with E-state index in [9.17, 15) is 5.11 Å². The third kappa shape index (κ3) is 2.15. The number of hydrogen-bond acceptors (Lipinski definition) is 3. The summed E-state index contributed by atoms with van der Waals surface area (Å²) in [5.74, 6) is 0. The molecule has 1 N–H and O–H groups in total. The highest BCUT2D eigenvalue weighted by atomic mass is 32.2. The van der Waals surface area contributed by atoms with Crippen LogP contribution >= 0.6 is 11.9 Å². The van der Waals surface area contributed by atoms with E-state index in [2.05, 4.69) is 10.6 Å². The molecular formula is C7H15NOS. The number of piperidine rings is 1. The standard InChI is InChI=1S/C7H15NOS/c1-7(9)3-5-8(10-2)6-4-7/h9H,3-6H2,1-2H3. The summed E-state index contributed by atoms with van der Waals surface area (Å²) < 4.78 is 2.29. The van der Waals surface area contributed by atoms with Crippen LogP contribution in [-0.4, -0.2) is 34.4 Å². The third-order valence-electron chi connectivity index (χ3n) is 2.06. The van der Waals surface area contributed by atoms with Crippen LogP contribution in [0.3, 0.4) is 0 Å². The van der Waals surface area contributed by atoms with E-state index in [1.807, 2.05) is 6.92 Å². The van der Waals surface area contributed by atoms with Gasteiger partial charge in [-0.05, 0) is 26.0 Å². The Morgan fingerprint density at radius 3 is 2.30 bits per heavy atom. The van der Waals surface area contributed by atoms with E-state index in [0.717, 1.165) is 25.9 Å². The van der Waals surface area contributed by atoms with E-state index in [-0.39, 0.29) is 0 Å². The Kier molecular flexibility index (Phi) is 2.61. The molecule has 0 saturated carbocycles. The van der Waals surface area contributed by atoms with Gasteiger partial charge in [0.1, 0.15) is 0 Å². The number of aliphatic hydroxyl groups is 1. The van der Waals surface area contributed by atoms with Crippen LogP contribution in [0.5, 0.6) is 0 Å². The molecule has 0 atom stereocenters. The molecular weight excluding hydrogens is 146 g/mol. The summed E-state index contributed by atoms with van der Waals surface area (Å²) in [6.45, 7) is 3.97. The predicted molar refractivity (Wildman–Crippen MR) is 44.9 cm³/mol. The van der Waals surface area contributed by atoms with Crippen molar-refractivity contribution in [2.24, 2.45) is 0 Å². The van der Waals surface area contributed by atoms with Crippen molar-refractivity contribution >= 4 is 11.9 Å². The van der Waals surface area contributed by atoms with Crippen LogP contribution < -0.4 is 0 Å². The van der Waals surface area contributed by atoms with Gasteiger partial charge in [0.15, 0.2) is 0 Å². The molecule has 60 valence electrons. The second kappa shape index (κ2) is 3.11. The smallest absolute Gasteiger partial charge is 0.0644 e. The van der Waals surface area contributed by atoms with E-state index in [1.54, 1.807) is 11.9 Å². The molecule has 0 aliphatic carbocycles. The Bertz CT molecular complexity index is 106. The van der Waals surface area contributed by atoms with Gasteiger partial charge in [-0.15, -0.1) is 0 Å². The minimum Gasteiger partial charge on any atom is -0.390 e. The van der Waals surface area contributed by atoms with Gasteiger partial charge in [0.25, 0.3) is 0 Å². The van der Waals surface area contributed by atoms with Gasteiger partial charge >= 0.3 is 0 Å². The van der Waals surface area contributed by atoms with Crippen LogP contribution in [0.2, 0.25) is 0 Å². The normalized spacial score (nSPS) is 26.7. The minimum atomic E-state index is -0.397. The molecule has 0 unspecified atom stereocenters. The molecule has 3 heteroatoms. The van der Waals surface area contributed by atoms with Crippen molar-refractivity contribution in [2.45, 2.75) is 25.4 Å². The lowest BCUT2D eigenvalue weighted by Crippen LogP contribution is -2.39. The molecule has 2 nitrogen and oxygen atoms in total. The van der Waals surface area contributed by atoms with Crippen molar-refractivity contribution in [1.29, 1.82) is 0 Å². The first-order valence-electron chi connectivity index (χ1n) is 3.65. The summed E-state index contributed by atoms with van der Waals surface area (Å²) in [5, 5.41) is 9.55. The summed E-state index contributed by atoms with van der Waals surface area (Å²) in [6, 6.07) is 0. The maximum Gasteiger partial charge on any atom is 0.0644 e. The average molecular weight is 161 g/mol. The number of nitrogens with zero attached hydrogens (tertiary/aromatic N) is 1. The lowest BCUT2D eigenvalue weighted by atomic mass is 9.95. The van der Waals surface area contributed by atoms with Crippen LogP contribution in [-0.2, 0) is 0 Å². The first kappa shape index (κ1) is 8.37. The fraction of sp³-hybridized carbons (Fsp3) is 1.00. The predicted octanol–water partition coefficient (Wildman–Crippen LogP) is 1.11. The molecule has 1 aliphatic heterocycles. The first-order chi connectivity index (χ1) is 4.64. The Labute approximate surface area is 66.7 Å². The summed E-state index contributed by atoms with van der Waals surface area (Å²) in [7, 11) is 0. The Morgan fingerprint density at radius 2 is 1.90 bits per heavy atom. The summed E-state index contributed by atoms with van der Waals surface area (Å²) >= 11 is 1.77. The molecule has 0 amide bonds. The molecule has 1 aliphatic rings. The maximum atomic E-state index is 9.55. The van der Waals surface area contributed by atoms with Gasteiger partial charge < -0.3 is 5.11 Å². The van der Waals surface area contributed by atoms with Crippen molar-refractivity contribution in [3.8, 4) is 0 Å². The average Bonchev–Trinajstić information content (AvgIpc) is 1.88. The molecule has 0 radical (unpaired) electrons. The van der Waals surface area contributed by atoms with Crippen LogP contribution in [0.1, 0.15) is 19.8 Å². The fourth-order valence-corrected chi connectivity index (χ4v) is 1.70. The zero-order chi connectivity index (χ0) is 7.61. The monoisotopic (exact) mass is 161 g/mol. The molecule has 1 rings (SSSR count). The topological polar surface area (TPSA) is 23.5 Å². The molecule has 1 heterocycles. The van der Waals surface area contributed by atoms with Gasteiger partial charge in [-0.2, -0.15) is 0 Å². The van der Waals surface area contributed by atoms with Gasteiger partial charge in [0.2, 0.25) is 0 Å². The maximum absolute atomic E-state index is 9.55. The first-order valence-corrected chi connectivity index (χ1v) is 4.84. The highest BCUT2D eigenvalue weighted by Crippen LogP contribution is 2.23. The third-order valence-corrected chi connectivity index (χ3v) is 2.94. The van der Waals surface area contributed by atoms with E-state index >= 15 is 0 Å². The van der Waals surface area contributed by atoms with Gasteiger partial charge in [-0.1, -0.05) is 11.9 Å². The van der Waals surface area contributed by atoms with E-state index in [4.69, 9.17) is 0 Å². The summed E-state index contributed by atoms with van der Waals surface area (Å²) in [4.78, 5) is 0. The van der Waals surface area contributed by atoms with Crippen LogP contribution in [0.25, 0.3) is 0 Å². The number of rotatable bonds is 1. The van der Waals surface area contributed by atoms with Crippen LogP contribution in [0.4, 0.5) is 0 Å². The highest BCUT2D eigenvalue weighted by Gasteiger charge is 2.26. The molecule has 0 aromatic rings. The van der Waals surface area contributed by atoms with Crippen molar-refractivity contribution in [2.75, 3.05) is 19.3 Å². The van der Waals surface area contributed by atoms with Gasteiger partial charge in [-0.25, -0.2) is 0 Å². The molecule has 0 spiro atoms. The lowest BCUT2D eigenvalue weighted by molar-refractivity contribution is 0.0144. The Hall–Kier alpha value is 0.270. The van der Waals surface area contributed by atoms with Crippen molar-refractivity contribution in [3.63, 3.8) is 0 Å². The molecule has 0 aromatic carbocycles.